The van der Waals surface area contributed by atoms with Gasteiger partial charge in [-0.25, -0.2) is 0 Å². The fourth-order valence-electron chi connectivity index (χ4n) is 7.32. The minimum atomic E-state index is -0.784. The van der Waals surface area contributed by atoms with Crippen molar-refractivity contribution in [3.63, 3.8) is 0 Å². The number of hydrogen-bond acceptors (Lipinski definition) is 6. The lowest BCUT2D eigenvalue weighted by atomic mass is 10.1. The van der Waals surface area contributed by atoms with E-state index in [1.54, 1.807) is 0 Å². The third kappa shape index (κ3) is 51.4. The zero-order chi connectivity index (χ0) is 47.2. The van der Waals surface area contributed by atoms with Gasteiger partial charge >= 0.3 is 17.9 Å². The van der Waals surface area contributed by atoms with Gasteiger partial charge in [0, 0.05) is 19.3 Å². The van der Waals surface area contributed by atoms with Gasteiger partial charge in [-0.1, -0.05) is 221 Å². The Morgan fingerprint density at radius 1 is 0.323 bits per heavy atom. The van der Waals surface area contributed by atoms with Crippen molar-refractivity contribution < 1.29 is 28.6 Å². The van der Waals surface area contributed by atoms with Crippen LogP contribution < -0.4 is 0 Å². The Labute approximate surface area is 401 Å². The molecule has 0 saturated carbocycles. The molecule has 6 nitrogen and oxygen atoms in total. The first kappa shape index (κ1) is 61.6. The van der Waals surface area contributed by atoms with E-state index in [4.69, 9.17) is 14.2 Å². The average molecular weight is 905 g/mol. The zero-order valence-corrected chi connectivity index (χ0v) is 42.5. The summed E-state index contributed by atoms with van der Waals surface area (Å²) >= 11 is 0. The van der Waals surface area contributed by atoms with Crippen LogP contribution in [0.15, 0.2) is 85.1 Å². The summed E-state index contributed by atoms with van der Waals surface area (Å²) in [4.78, 5) is 37.9. The summed E-state index contributed by atoms with van der Waals surface area (Å²) in [6, 6.07) is 0. The van der Waals surface area contributed by atoms with E-state index < -0.39 is 6.10 Å². The molecule has 0 saturated heterocycles. The Morgan fingerprint density at radius 3 is 0.969 bits per heavy atom. The quantitative estimate of drug-likeness (QED) is 0.0262. The Bertz CT molecular complexity index is 1270. The van der Waals surface area contributed by atoms with E-state index in [-0.39, 0.29) is 31.1 Å². The number of unbranched alkanes of at least 4 members (excludes halogenated alkanes) is 23. The van der Waals surface area contributed by atoms with Crippen LogP contribution in [0, 0.1) is 0 Å². The maximum Gasteiger partial charge on any atom is 0.306 e. The maximum atomic E-state index is 12.8. The second-order valence-corrected chi connectivity index (χ2v) is 17.8. The molecular formula is C59H100O6. The number of hydrogen-bond donors (Lipinski definition) is 0. The van der Waals surface area contributed by atoms with Crippen LogP contribution in [-0.4, -0.2) is 37.2 Å². The van der Waals surface area contributed by atoms with Crippen molar-refractivity contribution in [3.05, 3.63) is 85.1 Å². The van der Waals surface area contributed by atoms with Gasteiger partial charge in [0.15, 0.2) is 6.10 Å². The molecule has 0 aliphatic carbocycles. The van der Waals surface area contributed by atoms with Crippen molar-refractivity contribution in [2.24, 2.45) is 0 Å². The zero-order valence-electron chi connectivity index (χ0n) is 42.5. The van der Waals surface area contributed by atoms with Gasteiger partial charge in [-0.05, 0) is 96.3 Å². The molecule has 0 aromatic heterocycles. The van der Waals surface area contributed by atoms with E-state index in [0.717, 1.165) is 122 Å². The summed E-state index contributed by atoms with van der Waals surface area (Å²) in [6.45, 7) is 6.47. The molecule has 1 atom stereocenters. The van der Waals surface area contributed by atoms with Crippen LogP contribution in [0.4, 0.5) is 0 Å². The van der Waals surface area contributed by atoms with Gasteiger partial charge in [-0.3, -0.25) is 14.4 Å². The van der Waals surface area contributed by atoms with Crippen LogP contribution in [0.3, 0.4) is 0 Å². The monoisotopic (exact) mass is 905 g/mol. The molecule has 0 heterocycles. The molecule has 0 bridgehead atoms. The Balaban J connectivity index is 4.29. The molecule has 372 valence electrons. The summed E-state index contributed by atoms with van der Waals surface area (Å²) in [7, 11) is 0. The van der Waals surface area contributed by atoms with E-state index in [0.29, 0.717) is 19.3 Å². The highest BCUT2D eigenvalue weighted by Crippen LogP contribution is 2.14. The molecule has 1 unspecified atom stereocenters. The van der Waals surface area contributed by atoms with Crippen LogP contribution in [-0.2, 0) is 28.6 Å². The normalized spacial score (nSPS) is 12.7. The topological polar surface area (TPSA) is 78.9 Å². The van der Waals surface area contributed by atoms with Gasteiger partial charge in [0.2, 0.25) is 0 Å². The van der Waals surface area contributed by atoms with E-state index in [1.165, 1.54) is 89.9 Å². The molecule has 0 fully saturated rings. The first-order valence-corrected chi connectivity index (χ1v) is 27.1. The van der Waals surface area contributed by atoms with Gasteiger partial charge in [0.25, 0.3) is 0 Å². The second-order valence-electron chi connectivity index (χ2n) is 17.8. The van der Waals surface area contributed by atoms with Crippen molar-refractivity contribution in [1.29, 1.82) is 0 Å². The number of esters is 3. The predicted molar refractivity (Wildman–Crippen MR) is 279 cm³/mol. The van der Waals surface area contributed by atoms with Crippen LogP contribution in [0.5, 0.6) is 0 Å². The highest BCUT2D eigenvalue weighted by molar-refractivity contribution is 5.71. The molecule has 0 aliphatic rings. The third-order valence-corrected chi connectivity index (χ3v) is 11.4. The van der Waals surface area contributed by atoms with E-state index in [2.05, 4.69) is 106 Å². The Kier molecular flexibility index (Phi) is 50.4. The lowest BCUT2D eigenvalue weighted by Gasteiger charge is -2.18. The molecule has 0 N–H and O–H groups in total. The summed E-state index contributed by atoms with van der Waals surface area (Å²) in [5.74, 6) is -0.909. The third-order valence-electron chi connectivity index (χ3n) is 11.4. The molecule has 0 radical (unpaired) electrons. The SMILES string of the molecule is CC/C=C\C/C=C\C/C=C\C/C=C\C/C=C\C/C=C\CCCCCCCCC(=O)OCC(COC(=O)CCCCCCCCCCC)OC(=O)CCCCCCC/C=C\CCCCCC. The van der Waals surface area contributed by atoms with E-state index in [9.17, 15) is 14.4 Å². The first-order chi connectivity index (χ1) is 32.0. The molecule has 0 aliphatic heterocycles. The minimum absolute atomic E-state index is 0.0834. The van der Waals surface area contributed by atoms with E-state index >= 15 is 0 Å². The number of carbonyl (C=O) groups excluding carboxylic acids is 3. The summed E-state index contributed by atoms with van der Waals surface area (Å²) in [6.07, 6.45) is 68.6. The Morgan fingerprint density at radius 2 is 0.600 bits per heavy atom. The van der Waals surface area contributed by atoms with Crippen LogP contribution in [0.1, 0.15) is 252 Å². The molecule has 0 spiro atoms. The van der Waals surface area contributed by atoms with Crippen molar-refractivity contribution in [2.75, 3.05) is 13.2 Å². The Hall–Kier alpha value is -3.41. The number of rotatable bonds is 48. The number of allylic oxidation sites excluding steroid dienone is 14. The predicted octanol–water partition coefficient (Wildman–Crippen LogP) is 18.0. The lowest BCUT2D eigenvalue weighted by Crippen LogP contribution is -2.30. The smallest absolute Gasteiger partial charge is 0.306 e. The van der Waals surface area contributed by atoms with Crippen molar-refractivity contribution in [2.45, 2.75) is 258 Å². The molecular weight excluding hydrogens is 805 g/mol. The lowest BCUT2D eigenvalue weighted by molar-refractivity contribution is -0.167. The standard InChI is InChI=1S/C59H100O6/c1-4-7-10-13-16-19-21-23-24-25-26-27-28-29-30-31-32-33-34-36-37-40-43-46-49-52-58(61)64-55-56(54-63-57(60)51-48-45-42-39-18-15-12-9-6-3)65-59(62)53-50-47-44-41-38-35-22-20-17-14-11-8-5-2/h7,10,16,19-20,22-24,26-27,29-30,32-33,56H,4-6,8-9,11-15,17-18,21,25,28,31,34-55H2,1-3H3/b10-7-,19-16-,22-20-,24-23-,27-26-,30-29-,33-32-. The van der Waals surface area contributed by atoms with Crippen LogP contribution in [0.25, 0.3) is 0 Å². The summed E-state index contributed by atoms with van der Waals surface area (Å²) < 4.78 is 16.8. The fourth-order valence-corrected chi connectivity index (χ4v) is 7.32. The number of ether oxygens (including phenoxy) is 3. The van der Waals surface area contributed by atoms with Crippen molar-refractivity contribution in [1.82, 2.24) is 0 Å². The largest absolute Gasteiger partial charge is 0.462 e. The highest BCUT2D eigenvalue weighted by Gasteiger charge is 2.19. The molecule has 65 heavy (non-hydrogen) atoms. The summed E-state index contributed by atoms with van der Waals surface area (Å²) in [5.41, 5.74) is 0. The molecule has 0 amide bonds. The van der Waals surface area contributed by atoms with E-state index in [1.807, 2.05) is 0 Å². The van der Waals surface area contributed by atoms with Gasteiger partial charge in [0.1, 0.15) is 13.2 Å². The minimum Gasteiger partial charge on any atom is -0.462 e. The van der Waals surface area contributed by atoms with Crippen LogP contribution >= 0.6 is 0 Å². The average Bonchev–Trinajstić information content (AvgIpc) is 3.30. The van der Waals surface area contributed by atoms with Gasteiger partial charge in [0.05, 0.1) is 0 Å². The second kappa shape index (κ2) is 53.2. The van der Waals surface area contributed by atoms with Crippen molar-refractivity contribution in [3.8, 4) is 0 Å². The summed E-state index contributed by atoms with van der Waals surface area (Å²) in [5, 5.41) is 0. The molecule has 0 aromatic carbocycles. The molecule has 6 heteroatoms. The molecule has 0 rings (SSSR count). The van der Waals surface area contributed by atoms with Gasteiger partial charge in [-0.2, -0.15) is 0 Å². The molecule has 0 aromatic rings. The highest BCUT2D eigenvalue weighted by atomic mass is 16.6. The van der Waals surface area contributed by atoms with Gasteiger partial charge in [-0.15, -0.1) is 0 Å². The fraction of sp³-hybridized carbons (Fsp3) is 0.712. The first-order valence-electron chi connectivity index (χ1n) is 27.1. The number of carbonyl (C=O) groups is 3. The maximum absolute atomic E-state index is 12.8. The van der Waals surface area contributed by atoms with Crippen molar-refractivity contribution >= 4 is 17.9 Å². The van der Waals surface area contributed by atoms with Gasteiger partial charge < -0.3 is 14.2 Å². The van der Waals surface area contributed by atoms with Crippen LogP contribution in [0.2, 0.25) is 0 Å².